The van der Waals surface area contributed by atoms with E-state index in [1.165, 1.54) is 141 Å². The van der Waals surface area contributed by atoms with Gasteiger partial charge in [-0.05, 0) is 247 Å². The molecule has 700 valence electrons. The molecular formula is C93H99Cl13F4N10S10. The number of rotatable bonds is 20. The molecule has 10 nitrogen and oxygen atoms in total. The Hall–Kier alpha value is -4.11. The first-order valence-electron chi connectivity index (χ1n) is 38.1. The molecule has 10 aromatic carbocycles. The van der Waals surface area contributed by atoms with Gasteiger partial charge in [-0.25, -0.2) is 4.39 Å². The standard InChI is InChI=1S/C11H12F3NS.C10H12ClNS.4C9H9Cl2NS.C9H9ClFNS.3C9H10ClNS/c1-7-3-4-9(6-16-8(2)15)10(5-7)11(12,13)14;1-7-5-9(3-4-10(7)11)6-13-8(2)12;1-6(12)13-5-7-4-8(10)2-3-9(7)11;1-6(12)13-5-7-2-3-8(10)4-9(7)11;1-6(12)13-5-7-2-3-8(10)9(11)4-7;1-6(12)13-5-7-3-2-4-8(10)9(7)11;1-6(12)13-5-7-2-3-8(10)9(11)4-7;1-7(11)12-6-8-2-4-9(10)5-3-8;1-7(11)12-6-8-3-2-4-9(10)5-8;1-7(11)12-6-8-4-2-3-5-9(8)10/h3-5,15H,6H2,1-2H3;3-5,12H,6H2,1-2H3;5*2-4,12H,5H2,1H3;3*2-5,11H,6H2,1H3. The van der Waals surface area contributed by atoms with Crippen molar-refractivity contribution in [2.75, 3.05) is 0 Å². The van der Waals surface area contributed by atoms with E-state index in [2.05, 4.69) is 6.07 Å². The minimum atomic E-state index is -4.32. The van der Waals surface area contributed by atoms with E-state index < -0.39 is 17.6 Å². The molecule has 10 N–H and O–H groups in total. The fourth-order valence-electron chi connectivity index (χ4n) is 8.80. The fraction of sp³-hybridized carbons (Fsp3) is 0.247. The molecule has 37 heteroatoms. The summed E-state index contributed by atoms with van der Waals surface area (Å²) in [5, 5.41) is 86.3. The third-order valence-electron chi connectivity index (χ3n) is 15.1. The zero-order valence-corrected chi connectivity index (χ0v) is 90.6. The summed E-state index contributed by atoms with van der Waals surface area (Å²) in [6.07, 6.45) is -4.32. The van der Waals surface area contributed by atoms with Crippen molar-refractivity contribution < 1.29 is 17.6 Å². The van der Waals surface area contributed by atoms with E-state index in [9.17, 15) is 17.6 Å². The maximum Gasteiger partial charge on any atom is 0.416 e. The van der Waals surface area contributed by atoms with E-state index in [1.807, 2.05) is 134 Å². The average molecular weight is 2210 g/mol. The van der Waals surface area contributed by atoms with Gasteiger partial charge in [0.25, 0.3) is 0 Å². The number of hydrogen-bond donors (Lipinski definition) is 10. The Bertz CT molecular complexity index is 5180. The summed E-state index contributed by atoms with van der Waals surface area (Å²) in [6, 6.07) is 60.0. The third-order valence-corrected chi connectivity index (χ3v) is 28.4. The van der Waals surface area contributed by atoms with Gasteiger partial charge in [0.1, 0.15) is 5.82 Å². The number of hydrogen-bond acceptors (Lipinski definition) is 20. The molecule has 0 amide bonds. The lowest BCUT2D eigenvalue weighted by Gasteiger charge is -2.13. The smallest absolute Gasteiger partial charge is 0.299 e. The molecule has 0 aliphatic rings. The fourth-order valence-corrected chi connectivity index (χ4v) is 17.4. The van der Waals surface area contributed by atoms with Crippen molar-refractivity contribution in [3.8, 4) is 0 Å². The maximum absolute atomic E-state index is 12.9. The summed E-state index contributed by atoms with van der Waals surface area (Å²) < 4.78 is 51.0. The predicted octanol–water partition coefficient (Wildman–Crippen LogP) is 39.4. The molecule has 0 spiro atoms. The summed E-state index contributed by atoms with van der Waals surface area (Å²) in [4.78, 5) is 0. The predicted molar refractivity (Wildman–Crippen MR) is 591 cm³/mol. The van der Waals surface area contributed by atoms with Crippen LogP contribution in [0.1, 0.15) is 142 Å². The van der Waals surface area contributed by atoms with Crippen LogP contribution in [0.3, 0.4) is 0 Å². The van der Waals surface area contributed by atoms with Crippen LogP contribution in [0.15, 0.2) is 200 Å². The first kappa shape index (κ1) is 124. The van der Waals surface area contributed by atoms with Gasteiger partial charge in [0.15, 0.2) is 0 Å². The average Bonchev–Trinajstić information content (AvgIpc) is 0.820. The lowest BCUT2D eigenvalue weighted by atomic mass is 10.1. The highest BCUT2D eigenvalue weighted by Crippen LogP contribution is 2.36. The minimum Gasteiger partial charge on any atom is -0.299 e. The largest absolute Gasteiger partial charge is 0.416 e. The second-order valence-electron chi connectivity index (χ2n) is 26.7. The molecule has 10 aromatic rings. The van der Waals surface area contributed by atoms with Crippen LogP contribution in [-0.4, -0.2) is 50.4 Å². The van der Waals surface area contributed by atoms with Gasteiger partial charge in [-0.1, -0.05) is 253 Å². The van der Waals surface area contributed by atoms with Crippen LogP contribution in [0.2, 0.25) is 65.3 Å². The number of alkyl halides is 3. The van der Waals surface area contributed by atoms with Crippen molar-refractivity contribution in [3.05, 3.63) is 344 Å². The molecule has 0 aliphatic heterocycles. The Kier molecular flexibility index (Phi) is 66.4. The molecule has 0 saturated heterocycles. The van der Waals surface area contributed by atoms with E-state index in [0.717, 1.165) is 111 Å². The molecule has 0 aliphatic carbocycles. The normalized spacial score (nSPS) is 10.2. The Morgan fingerprint density at radius 1 is 0.246 bits per heavy atom. The topological polar surface area (TPSA) is 238 Å². The van der Waals surface area contributed by atoms with Crippen molar-refractivity contribution >= 4 is 319 Å². The van der Waals surface area contributed by atoms with E-state index in [0.29, 0.717) is 113 Å². The lowest BCUT2D eigenvalue weighted by Crippen LogP contribution is -2.09. The minimum absolute atomic E-state index is 0.139. The van der Waals surface area contributed by atoms with Crippen LogP contribution in [-0.2, 0) is 63.7 Å². The highest BCUT2D eigenvalue weighted by molar-refractivity contribution is 8.15. The van der Waals surface area contributed by atoms with Gasteiger partial charge in [0, 0.05) is 97.7 Å². The number of nitrogens with one attached hydrogen (secondary N) is 10. The Balaban J connectivity index is 0.000000723. The zero-order chi connectivity index (χ0) is 98.3. The van der Waals surface area contributed by atoms with Crippen molar-refractivity contribution in [1.82, 2.24) is 0 Å². The molecule has 0 unspecified atom stereocenters. The molecule has 0 bridgehead atoms. The SMILES string of the molecule is CC(=N)SCc1cc(Cl)ccc1Cl.CC(=N)SCc1ccc(C)cc1C(F)(F)F.CC(=N)SCc1ccc(Cl)c(C)c1.CC(=N)SCc1ccc(Cl)c(Cl)c1.CC(=N)SCc1ccc(Cl)c(F)c1.CC(=N)SCc1ccc(Cl)cc1.CC(=N)SCc1ccc(Cl)cc1Cl.CC(=N)SCc1cccc(Cl)c1.CC(=N)SCc1cccc(Cl)c1Cl.CC(=N)SCc1ccccc1Cl. The van der Waals surface area contributed by atoms with Crippen LogP contribution >= 0.6 is 268 Å². The number of thioether (sulfide) groups is 10. The molecule has 0 aromatic heterocycles. The highest BCUT2D eigenvalue weighted by atomic mass is 35.5. The quantitative estimate of drug-likeness (QED) is 0.0197. The summed E-state index contributed by atoms with van der Waals surface area (Å²) >= 11 is 90.1. The summed E-state index contributed by atoms with van der Waals surface area (Å²) in [7, 11) is 0. The molecule has 0 heterocycles. The maximum atomic E-state index is 12.9. The van der Waals surface area contributed by atoms with Crippen LogP contribution in [0.4, 0.5) is 17.6 Å². The van der Waals surface area contributed by atoms with E-state index in [1.54, 1.807) is 119 Å². The Morgan fingerprint density at radius 3 is 1.02 bits per heavy atom. The summed E-state index contributed by atoms with van der Waals surface area (Å²) in [5.41, 5.74) is 10.9. The lowest BCUT2D eigenvalue weighted by molar-refractivity contribution is -0.138. The monoisotopic (exact) mass is 2210 g/mol. The van der Waals surface area contributed by atoms with Gasteiger partial charge in [0.05, 0.1) is 81.1 Å². The molecule has 0 fully saturated rings. The van der Waals surface area contributed by atoms with Gasteiger partial charge in [-0.3, -0.25) is 54.1 Å². The number of benzene rings is 10. The van der Waals surface area contributed by atoms with E-state index >= 15 is 0 Å². The summed E-state index contributed by atoms with van der Waals surface area (Å²) in [5.74, 6) is 6.63. The van der Waals surface area contributed by atoms with Crippen molar-refractivity contribution in [1.29, 1.82) is 54.1 Å². The van der Waals surface area contributed by atoms with Crippen LogP contribution in [0.25, 0.3) is 0 Å². The van der Waals surface area contributed by atoms with Crippen molar-refractivity contribution in [3.63, 3.8) is 0 Å². The van der Waals surface area contributed by atoms with Gasteiger partial charge < -0.3 is 0 Å². The Labute approximate surface area is 871 Å². The van der Waals surface area contributed by atoms with Gasteiger partial charge in [-0.2, -0.15) is 13.2 Å². The first-order valence-corrected chi connectivity index (χ1v) is 52.8. The number of halogens is 17. The second kappa shape index (κ2) is 69.7. The second-order valence-corrected chi connectivity index (χ2v) is 44.0. The van der Waals surface area contributed by atoms with Crippen LogP contribution in [0, 0.1) is 73.8 Å². The van der Waals surface area contributed by atoms with Gasteiger partial charge in [0.2, 0.25) is 0 Å². The Morgan fingerprint density at radius 2 is 0.577 bits per heavy atom. The van der Waals surface area contributed by atoms with E-state index in [4.69, 9.17) is 205 Å². The highest BCUT2D eigenvalue weighted by Gasteiger charge is 2.33. The molecule has 0 radical (unpaired) electrons. The van der Waals surface area contributed by atoms with Crippen LogP contribution < -0.4 is 0 Å². The third kappa shape index (κ3) is 61.2. The van der Waals surface area contributed by atoms with Gasteiger partial charge in [-0.15, -0.1) is 118 Å². The molecular weight excluding hydrogens is 2110 g/mol. The van der Waals surface area contributed by atoms with Crippen LogP contribution in [0.5, 0.6) is 0 Å². The molecule has 0 saturated carbocycles. The molecule has 10 rings (SSSR count). The molecule has 130 heavy (non-hydrogen) atoms. The number of aryl methyl sites for hydroxylation is 2. The van der Waals surface area contributed by atoms with Gasteiger partial charge >= 0.3 is 6.18 Å². The molecule has 0 atom stereocenters. The summed E-state index contributed by atoms with van der Waals surface area (Å²) in [6.45, 7) is 21.1. The van der Waals surface area contributed by atoms with E-state index in [-0.39, 0.29) is 16.3 Å². The zero-order valence-electron chi connectivity index (χ0n) is 72.6. The van der Waals surface area contributed by atoms with Crippen molar-refractivity contribution in [2.24, 2.45) is 0 Å². The van der Waals surface area contributed by atoms with Crippen molar-refractivity contribution in [2.45, 2.75) is 147 Å². The first-order chi connectivity index (χ1) is 60.9.